The number of ether oxygens (including phenoxy) is 2. The molecule has 0 aliphatic carbocycles. The maximum Gasteiger partial charge on any atom is 0.331 e. The number of carbonyl (C=O) groups excluding carboxylic acids is 1. The Morgan fingerprint density at radius 1 is 1.30 bits per heavy atom. The Labute approximate surface area is 117 Å². The first-order chi connectivity index (χ1) is 9.44. The third kappa shape index (κ3) is 3.79. The maximum absolute atomic E-state index is 12.2. The van der Waals surface area contributed by atoms with Crippen LogP contribution in [0.15, 0.2) is 30.3 Å². The van der Waals surface area contributed by atoms with Crippen molar-refractivity contribution in [2.45, 2.75) is 18.6 Å². The SMILES string of the molecule is COCC(C)(NC(=O)[C@H](OC)c1ccccc1)C(=O)O. The van der Waals surface area contributed by atoms with Crippen LogP contribution in [0.4, 0.5) is 0 Å². The Kier molecular flexibility index (Phi) is 5.66. The zero-order valence-electron chi connectivity index (χ0n) is 11.8. The van der Waals surface area contributed by atoms with E-state index in [-0.39, 0.29) is 6.61 Å². The molecule has 0 radical (unpaired) electrons. The Bertz CT molecular complexity index is 462. The average molecular weight is 281 g/mol. The molecule has 1 rings (SSSR count). The predicted octanol–water partition coefficient (Wildman–Crippen LogP) is 0.980. The average Bonchev–Trinajstić information content (AvgIpc) is 2.40. The summed E-state index contributed by atoms with van der Waals surface area (Å²) in [5.41, 5.74) is -0.852. The fraction of sp³-hybridized carbons (Fsp3) is 0.429. The smallest absolute Gasteiger partial charge is 0.331 e. The highest BCUT2D eigenvalue weighted by Crippen LogP contribution is 2.18. The Balaban J connectivity index is 2.90. The van der Waals surface area contributed by atoms with E-state index < -0.39 is 23.5 Å². The Hall–Kier alpha value is -1.92. The molecule has 0 spiro atoms. The molecule has 0 saturated carbocycles. The lowest BCUT2D eigenvalue weighted by Crippen LogP contribution is -2.56. The van der Waals surface area contributed by atoms with Crippen LogP contribution in [-0.2, 0) is 19.1 Å². The minimum absolute atomic E-state index is 0.140. The predicted molar refractivity (Wildman–Crippen MR) is 72.3 cm³/mol. The van der Waals surface area contributed by atoms with E-state index in [1.165, 1.54) is 21.1 Å². The number of carboxylic acids is 1. The molecule has 0 aliphatic rings. The van der Waals surface area contributed by atoms with Crippen LogP contribution in [0.25, 0.3) is 0 Å². The van der Waals surface area contributed by atoms with E-state index in [0.29, 0.717) is 5.56 Å². The van der Waals surface area contributed by atoms with Gasteiger partial charge in [0.25, 0.3) is 5.91 Å². The number of aliphatic carboxylic acids is 1. The number of amides is 1. The molecule has 0 bridgehead atoms. The molecular weight excluding hydrogens is 262 g/mol. The Morgan fingerprint density at radius 3 is 2.35 bits per heavy atom. The van der Waals surface area contributed by atoms with Crippen LogP contribution in [0.5, 0.6) is 0 Å². The van der Waals surface area contributed by atoms with Gasteiger partial charge < -0.3 is 19.9 Å². The number of hydrogen-bond acceptors (Lipinski definition) is 4. The Morgan fingerprint density at radius 2 is 1.90 bits per heavy atom. The van der Waals surface area contributed by atoms with E-state index in [4.69, 9.17) is 9.47 Å². The van der Waals surface area contributed by atoms with E-state index in [9.17, 15) is 14.7 Å². The first kappa shape index (κ1) is 16.1. The van der Waals surface area contributed by atoms with Crippen molar-refractivity contribution in [3.05, 3.63) is 35.9 Å². The molecular formula is C14H19NO5. The summed E-state index contributed by atoms with van der Waals surface area (Å²) < 4.78 is 10.0. The molecule has 0 fully saturated rings. The molecule has 110 valence electrons. The number of benzene rings is 1. The van der Waals surface area contributed by atoms with Gasteiger partial charge in [0, 0.05) is 14.2 Å². The summed E-state index contributed by atoms with van der Waals surface area (Å²) in [5, 5.41) is 11.7. The van der Waals surface area contributed by atoms with Gasteiger partial charge in [0.1, 0.15) is 0 Å². The number of methoxy groups -OCH3 is 2. The van der Waals surface area contributed by atoms with E-state index in [1.807, 2.05) is 6.07 Å². The van der Waals surface area contributed by atoms with Crippen LogP contribution in [0.2, 0.25) is 0 Å². The fourth-order valence-corrected chi connectivity index (χ4v) is 1.80. The topological polar surface area (TPSA) is 84.9 Å². The fourth-order valence-electron chi connectivity index (χ4n) is 1.80. The van der Waals surface area contributed by atoms with Gasteiger partial charge in [0.2, 0.25) is 0 Å². The van der Waals surface area contributed by atoms with Crippen LogP contribution in [0.1, 0.15) is 18.6 Å². The summed E-state index contributed by atoms with van der Waals surface area (Å²) in [6, 6.07) is 8.85. The largest absolute Gasteiger partial charge is 0.479 e. The summed E-state index contributed by atoms with van der Waals surface area (Å²) in [7, 11) is 2.77. The number of hydrogen-bond donors (Lipinski definition) is 2. The quantitative estimate of drug-likeness (QED) is 0.778. The van der Waals surface area contributed by atoms with Crippen molar-refractivity contribution in [1.82, 2.24) is 5.32 Å². The van der Waals surface area contributed by atoms with Crippen molar-refractivity contribution in [1.29, 1.82) is 0 Å². The molecule has 0 saturated heterocycles. The van der Waals surface area contributed by atoms with E-state index in [0.717, 1.165) is 0 Å². The standard InChI is InChI=1S/C14H19NO5/c1-14(9-19-2,13(17)18)15-12(16)11(20-3)10-7-5-4-6-8-10/h4-8,11H,9H2,1-3H3,(H,15,16)(H,17,18)/t11-,14?/m1/s1. The third-order valence-corrected chi connectivity index (χ3v) is 2.88. The highest BCUT2D eigenvalue weighted by atomic mass is 16.5. The zero-order valence-corrected chi connectivity index (χ0v) is 11.8. The monoisotopic (exact) mass is 281 g/mol. The molecule has 20 heavy (non-hydrogen) atoms. The van der Waals surface area contributed by atoms with Crippen LogP contribution >= 0.6 is 0 Å². The molecule has 0 heterocycles. The summed E-state index contributed by atoms with van der Waals surface area (Å²) >= 11 is 0. The minimum atomic E-state index is -1.50. The van der Waals surface area contributed by atoms with Gasteiger partial charge in [-0.25, -0.2) is 4.79 Å². The van der Waals surface area contributed by atoms with Gasteiger partial charge in [0.15, 0.2) is 11.6 Å². The second-order valence-corrected chi connectivity index (χ2v) is 4.59. The maximum atomic E-state index is 12.2. The van der Waals surface area contributed by atoms with Crippen molar-refractivity contribution in [3.63, 3.8) is 0 Å². The highest BCUT2D eigenvalue weighted by molar-refractivity contribution is 5.89. The lowest BCUT2D eigenvalue weighted by atomic mass is 10.0. The van der Waals surface area contributed by atoms with Crippen LogP contribution in [0, 0.1) is 0 Å². The summed E-state index contributed by atoms with van der Waals surface area (Å²) in [6.45, 7) is 1.24. The van der Waals surface area contributed by atoms with Gasteiger partial charge >= 0.3 is 5.97 Å². The molecule has 0 aromatic heterocycles. The summed E-state index contributed by atoms with van der Waals surface area (Å²) in [4.78, 5) is 23.5. The lowest BCUT2D eigenvalue weighted by molar-refractivity contribution is -0.151. The van der Waals surface area contributed by atoms with Gasteiger partial charge in [0.05, 0.1) is 6.61 Å². The van der Waals surface area contributed by atoms with Gasteiger partial charge in [-0.1, -0.05) is 30.3 Å². The number of rotatable bonds is 7. The van der Waals surface area contributed by atoms with Gasteiger partial charge in [-0.05, 0) is 12.5 Å². The molecule has 1 aromatic carbocycles. The van der Waals surface area contributed by atoms with E-state index >= 15 is 0 Å². The normalized spacial score (nSPS) is 15.2. The second-order valence-electron chi connectivity index (χ2n) is 4.59. The molecule has 6 heteroatoms. The highest BCUT2D eigenvalue weighted by Gasteiger charge is 2.37. The van der Waals surface area contributed by atoms with Crippen LogP contribution in [0.3, 0.4) is 0 Å². The number of nitrogens with one attached hydrogen (secondary N) is 1. The molecule has 1 aromatic rings. The minimum Gasteiger partial charge on any atom is -0.479 e. The molecule has 0 aliphatic heterocycles. The van der Waals surface area contributed by atoms with Crippen molar-refractivity contribution in [2.24, 2.45) is 0 Å². The van der Waals surface area contributed by atoms with Crippen LogP contribution < -0.4 is 5.32 Å². The van der Waals surface area contributed by atoms with E-state index in [2.05, 4.69) is 5.32 Å². The van der Waals surface area contributed by atoms with Crippen molar-refractivity contribution in [3.8, 4) is 0 Å². The van der Waals surface area contributed by atoms with Gasteiger partial charge in [-0.2, -0.15) is 0 Å². The number of carboxylic acid groups (broad SMARTS) is 1. The first-order valence-electron chi connectivity index (χ1n) is 6.06. The third-order valence-electron chi connectivity index (χ3n) is 2.88. The van der Waals surface area contributed by atoms with Gasteiger partial charge in [-0.15, -0.1) is 0 Å². The van der Waals surface area contributed by atoms with Gasteiger partial charge in [-0.3, -0.25) is 4.79 Å². The molecule has 6 nitrogen and oxygen atoms in total. The summed E-state index contributed by atoms with van der Waals surface area (Å²) in [6.07, 6.45) is -0.869. The van der Waals surface area contributed by atoms with Crippen molar-refractivity contribution < 1.29 is 24.2 Å². The molecule has 2 atom stereocenters. The molecule has 2 N–H and O–H groups in total. The molecule has 1 amide bonds. The molecule has 1 unspecified atom stereocenters. The van der Waals surface area contributed by atoms with Crippen LogP contribution in [-0.4, -0.2) is 43.3 Å². The number of carbonyl (C=O) groups is 2. The second kappa shape index (κ2) is 7.02. The van der Waals surface area contributed by atoms with Crippen molar-refractivity contribution >= 4 is 11.9 Å². The lowest BCUT2D eigenvalue weighted by Gasteiger charge is -2.27. The zero-order chi connectivity index (χ0) is 15.2. The first-order valence-corrected chi connectivity index (χ1v) is 6.06. The summed E-state index contributed by atoms with van der Waals surface area (Å²) in [5.74, 6) is -1.70. The van der Waals surface area contributed by atoms with Crippen molar-refractivity contribution in [2.75, 3.05) is 20.8 Å². The van der Waals surface area contributed by atoms with E-state index in [1.54, 1.807) is 24.3 Å².